The van der Waals surface area contributed by atoms with Gasteiger partial charge in [-0.3, -0.25) is 14.9 Å². The van der Waals surface area contributed by atoms with E-state index in [0.29, 0.717) is 42.3 Å². The molecule has 1 aromatic carbocycles. The molecule has 0 aliphatic rings. The summed E-state index contributed by atoms with van der Waals surface area (Å²) >= 11 is 0. The number of nitrogens with one attached hydrogen (secondary N) is 3. The number of hydrogen-bond donors (Lipinski definition) is 3. The molecule has 0 unspecified atom stereocenters. The van der Waals surface area contributed by atoms with Gasteiger partial charge in [-0.1, -0.05) is 18.2 Å². The summed E-state index contributed by atoms with van der Waals surface area (Å²) < 4.78 is 13.4. The Morgan fingerprint density at radius 1 is 1.10 bits per heavy atom. The van der Waals surface area contributed by atoms with Crippen molar-refractivity contribution in [1.29, 1.82) is 0 Å². The lowest BCUT2D eigenvalue weighted by molar-refractivity contribution is 0.0951. The second-order valence-corrected chi connectivity index (χ2v) is 6.79. The Labute approximate surface area is 178 Å². The SMILES string of the molecule is O=C(NCc1cccnc1)c1cnc(-c2cn[nH]c2)nc1NCCc1cccc(F)c1. The fourth-order valence-electron chi connectivity index (χ4n) is 2.99. The van der Waals surface area contributed by atoms with Crippen LogP contribution in [0.15, 0.2) is 67.4 Å². The van der Waals surface area contributed by atoms with Gasteiger partial charge in [-0.05, 0) is 35.7 Å². The van der Waals surface area contributed by atoms with E-state index in [1.165, 1.54) is 18.3 Å². The second kappa shape index (κ2) is 9.57. The first-order valence-electron chi connectivity index (χ1n) is 9.70. The molecular weight excluding hydrogens is 397 g/mol. The molecule has 0 aliphatic heterocycles. The van der Waals surface area contributed by atoms with E-state index in [1.54, 1.807) is 30.9 Å². The summed E-state index contributed by atoms with van der Waals surface area (Å²) in [5, 5.41) is 12.7. The summed E-state index contributed by atoms with van der Waals surface area (Å²) in [5.74, 6) is 0.241. The Balaban J connectivity index is 1.51. The van der Waals surface area contributed by atoms with E-state index in [9.17, 15) is 9.18 Å². The van der Waals surface area contributed by atoms with E-state index >= 15 is 0 Å². The maximum absolute atomic E-state index is 13.4. The highest BCUT2D eigenvalue weighted by molar-refractivity contribution is 5.98. The van der Waals surface area contributed by atoms with E-state index in [2.05, 4.69) is 35.8 Å². The van der Waals surface area contributed by atoms with Gasteiger partial charge in [-0.2, -0.15) is 5.10 Å². The fraction of sp³-hybridized carbons (Fsp3) is 0.136. The Bertz CT molecular complexity index is 1150. The quantitative estimate of drug-likeness (QED) is 0.407. The molecule has 0 spiro atoms. The summed E-state index contributed by atoms with van der Waals surface area (Å²) in [6.07, 6.45) is 8.70. The van der Waals surface area contributed by atoms with E-state index in [0.717, 1.165) is 11.1 Å². The van der Waals surface area contributed by atoms with Gasteiger partial charge < -0.3 is 10.6 Å². The molecule has 0 saturated heterocycles. The van der Waals surface area contributed by atoms with Crippen LogP contribution in [0.4, 0.5) is 10.2 Å². The molecule has 8 nitrogen and oxygen atoms in total. The van der Waals surface area contributed by atoms with Crippen LogP contribution in [0.5, 0.6) is 0 Å². The molecule has 3 N–H and O–H groups in total. The lowest BCUT2D eigenvalue weighted by Crippen LogP contribution is -2.25. The first-order valence-corrected chi connectivity index (χ1v) is 9.70. The third kappa shape index (κ3) is 5.27. The number of nitrogens with zero attached hydrogens (tertiary/aromatic N) is 4. The zero-order chi connectivity index (χ0) is 21.5. The van der Waals surface area contributed by atoms with Gasteiger partial charge in [0.1, 0.15) is 17.2 Å². The number of carbonyl (C=O) groups excluding carboxylic acids is 1. The lowest BCUT2D eigenvalue weighted by atomic mass is 10.1. The molecule has 4 aromatic rings. The maximum atomic E-state index is 13.4. The van der Waals surface area contributed by atoms with Crippen LogP contribution < -0.4 is 10.6 Å². The van der Waals surface area contributed by atoms with Crippen LogP contribution in [0, 0.1) is 5.82 Å². The van der Waals surface area contributed by atoms with Crippen molar-refractivity contribution >= 4 is 11.7 Å². The molecule has 1 amide bonds. The molecule has 3 aromatic heterocycles. The molecule has 0 fully saturated rings. The topological polar surface area (TPSA) is 108 Å². The van der Waals surface area contributed by atoms with Crippen LogP contribution in [0.3, 0.4) is 0 Å². The molecule has 0 bridgehead atoms. The summed E-state index contributed by atoms with van der Waals surface area (Å²) in [4.78, 5) is 25.7. The Morgan fingerprint density at radius 2 is 2.00 bits per heavy atom. The van der Waals surface area contributed by atoms with Gasteiger partial charge in [0.15, 0.2) is 5.82 Å². The highest BCUT2D eigenvalue weighted by Crippen LogP contribution is 2.19. The minimum absolute atomic E-state index is 0.280. The zero-order valence-electron chi connectivity index (χ0n) is 16.5. The average molecular weight is 417 g/mol. The third-order valence-corrected chi connectivity index (χ3v) is 4.56. The normalized spacial score (nSPS) is 10.6. The molecule has 9 heteroatoms. The monoisotopic (exact) mass is 417 g/mol. The summed E-state index contributed by atoms with van der Waals surface area (Å²) in [6, 6.07) is 10.1. The van der Waals surface area contributed by atoms with Gasteiger partial charge >= 0.3 is 0 Å². The first kappa shape index (κ1) is 20.1. The van der Waals surface area contributed by atoms with Gasteiger partial charge in [-0.15, -0.1) is 0 Å². The number of pyridine rings is 1. The van der Waals surface area contributed by atoms with Crippen LogP contribution in [-0.2, 0) is 13.0 Å². The van der Waals surface area contributed by atoms with Crippen molar-refractivity contribution in [2.45, 2.75) is 13.0 Å². The molecule has 3 heterocycles. The number of benzene rings is 1. The Hall–Kier alpha value is -4.14. The van der Waals surface area contributed by atoms with Crippen LogP contribution in [0.1, 0.15) is 21.5 Å². The van der Waals surface area contributed by atoms with Crippen molar-refractivity contribution in [2.24, 2.45) is 0 Å². The lowest BCUT2D eigenvalue weighted by Gasteiger charge is -2.12. The van der Waals surface area contributed by atoms with Gasteiger partial charge in [0, 0.05) is 37.9 Å². The van der Waals surface area contributed by atoms with Gasteiger partial charge in [0.25, 0.3) is 5.91 Å². The van der Waals surface area contributed by atoms with Crippen molar-refractivity contribution in [2.75, 3.05) is 11.9 Å². The summed E-state index contributed by atoms with van der Waals surface area (Å²) in [7, 11) is 0. The highest BCUT2D eigenvalue weighted by atomic mass is 19.1. The number of halogens is 1. The minimum atomic E-state index is -0.309. The van der Waals surface area contributed by atoms with Crippen molar-refractivity contribution in [3.05, 3.63) is 89.9 Å². The Kier molecular flexibility index (Phi) is 6.22. The molecule has 0 atom stereocenters. The van der Waals surface area contributed by atoms with Crippen molar-refractivity contribution in [1.82, 2.24) is 30.5 Å². The second-order valence-electron chi connectivity index (χ2n) is 6.79. The average Bonchev–Trinajstić information content (AvgIpc) is 3.33. The minimum Gasteiger partial charge on any atom is -0.369 e. The standard InChI is InChI=1S/C22H20FN7O/c23-18-5-1-3-15(9-18)6-8-25-21-19(14-26-20(30-21)17-12-28-29-13-17)22(31)27-11-16-4-2-7-24-10-16/h1-5,7,9-10,12-14H,6,8,11H2,(H,27,31)(H,28,29)(H,25,26,30). The first-order chi connectivity index (χ1) is 15.2. The van der Waals surface area contributed by atoms with Crippen LogP contribution in [0.25, 0.3) is 11.4 Å². The summed E-state index contributed by atoms with van der Waals surface area (Å²) in [6.45, 7) is 0.799. The van der Waals surface area contributed by atoms with Crippen molar-refractivity contribution in [3.63, 3.8) is 0 Å². The number of H-pyrrole nitrogens is 1. The molecule has 0 aliphatic carbocycles. The maximum Gasteiger partial charge on any atom is 0.256 e. The number of amides is 1. The number of aromatic amines is 1. The number of anilines is 1. The molecular formula is C22H20FN7O. The van der Waals surface area contributed by atoms with Crippen molar-refractivity contribution in [3.8, 4) is 11.4 Å². The number of carbonyl (C=O) groups is 1. The van der Waals surface area contributed by atoms with Crippen LogP contribution >= 0.6 is 0 Å². The predicted octanol–water partition coefficient (Wildman–Crippen LogP) is 2.99. The zero-order valence-corrected chi connectivity index (χ0v) is 16.5. The largest absolute Gasteiger partial charge is 0.369 e. The van der Waals surface area contributed by atoms with E-state index in [1.807, 2.05) is 18.2 Å². The molecule has 4 rings (SSSR count). The molecule has 156 valence electrons. The van der Waals surface area contributed by atoms with E-state index in [-0.39, 0.29) is 11.7 Å². The number of aromatic nitrogens is 5. The number of rotatable bonds is 8. The smallest absolute Gasteiger partial charge is 0.256 e. The summed E-state index contributed by atoms with van der Waals surface area (Å²) in [5.41, 5.74) is 2.75. The van der Waals surface area contributed by atoms with Crippen LogP contribution in [0.2, 0.25) is 0 Å². The molecule has 0 saturated carbocycles. The molecule has 0 radical (unpaired) electrons. The highest BCUT2D eigenvalue weighted by Gasteiger charge is 2.16. The van der Waals surface area contributed by atoms with E-state index in [4.69, 9.17) is 0 Å². The molecule has 31 heavy (non-hydrogen) atoms. The fourth-order valence-corrected chi connectivity index (χ4v) is 2.99. The third-order valence-electron chi connectivity index (χ3n) is 4.56. The number of hydrogen-bond acceptors (Lipinski definition) is 6. The van der Waals surface area contributed by atoms with Gasteiger partial charge in [0.2, 0.25) is 0 Å². The predicted molar refractivity (Wildman–Crippen MR) is 114 cm³/mol. The van der Waals surface area contributed by atoms with Gasteiger partial charge in [0.05, 0.1) is 11.8 Å². The van der Waals surface area contributed by atoms with Crippen molar-refractivity contribution < 1.29 is 9.18 Å². The van der Waals surface area contributed by atoms with E-state index < -0.39 is 0 Å². The Morgan fingerprint density at radius 3 is 2.77 bits per heavy atom. The van der Waals surface area contributed by atoms with Crippen LogP contribution in [-0.4, -0.2) is 37.6 Å². The van der Waals surface area contributed by atoms with Gasteiger partial charge in [-0.25, -0.2) is 14.4 Å².